The molecule has 4 unspecified atom stereocenters. The number of nitrogens with one attached hydrogen (secondary N) is 3. The fraction of sp³-hybridized carbons (Fsp3) is 0.579. The minimum Gasteiger partial charge on any atom is -0.481 e. The summed E-state index contributed by atoms with van der Waals surface area (Å²) in [7, 11) is 0. The van der Waals surface area contributed by atoms with Gasteiger partial charge in [0.25, 0.3) is 0 Å². The van der Waals surface area contributed by atoms with Crippen molar-refractivity contribution >= 4 is 47.4 Å². The van der Waals surface area contributed by atoms with Crippen molar-refractivity contribution in [2.75, 3.05) is 0 Å². The highest BCUT2D eigenvalue weighted by molar-refractivity contribution is 5.96. The van der Waals surface area contributed by atoms with Gasteiger partial charge >= 0.3 is 11.9 Å². The van der Waals surface area contributed by atoms with Crippen molar-refractivity contribution in [3.05, 3.63) is 0 Å². The van der Waals surface area contributed by atoms with Gasteiger partial charge in [-0.15, -0.1) is 0 Å². The van der Waals surface area contributed by atoms with Gasteiger partial charge in [-0.25, -0.2) is 4.79 Å². The van der Waals surface area contributed by atoms with Gasteiger partial charge in [-0.05, 0) is 19.3 Å². The highest BCUT2D eigenvalue weighted by Crippen LogP contribution is 2.05. The van der Waals surface area contributed by atoms with E-state index in [1.54, 1.807) is 0 Å². The average molecular weight is 517 g/mol. The number of carbonyl (C=O) groups excluding carboxylic acids is 6. The molecule has 0 saturated heterocycles. The third kappa shape index (κ3) is 13.4. The standard InChI is InChI=1S/C19H31N7O10/c20-8(1-6-15(30)31)16(32)26-11(7-14(23)29)18(34)24-9(2-4-12(21)27)17(33)25-10(19(35)36)3-5-13(22)28/h8-11H,1-7,20H2,(H2,21,27)(H2,22,28)(H2,23,29)(H,24,34)(H,25,33)(H,26,32)(H,30,31)(H,35,36). The molecule has 202 valence electrons. The smallest absolute Gasteiger partial charge is 0.326 e. The van der Waals surface area contributed by atoms with Crippen LogP contribution in [0.25, 0.3) is 0 Å². The molecule has 0 spiro atoms. The fourth-order valence-corrected chi connectivity index (χ4v) is 2.74. The summed E-state index contributed by atoms with van der Waals surface area (Å²) in [5.41, 5.74) is 20.7. The van der Waals surface area contributed by atoms with Gasteiger partial charge in [0, 0.05) is 19.3 Å². The quantitative estimate of drug-likeness (QED) is 0.0829. The van der Waals surface area contributed by atoms with Gasteiger partial charge in [-0.3, -0.25) is 33.6 Å². The Balaban J connectivity index is 5.59. The maximum absolute atomic E-state index is 12.8. The van der Waals surface area contributed by atoms with Crippen LogP contribution in [0.1, 0.15) is 44.9 Å². The number of hydrogen-bond acceptors (Lipinski definition) is 9. The summed E-state index contributed by atoms with van der Waals surface area (Å²) in [5, 5.41) is 24.4. The Bertz CT molecular complexity index is 879. The van der Waals surface area contributed by atoms with Crippen molar-refractivity contribution < 1.29 is 48.6 Å². The lowest BCUT2D eigenvalue weighted by Crippen LogP contribution is -2.57. The van der Waals surface area contributed by atoms with Crippen LogP contribution < -0.4 is 38.9 Å². The lowest BCUT2D eigenvalue weighted by molar-refractivity contribution is -0.143. The molecule has 0 aliphatic rings. The Morgan fingerprint density at radius 2 is 1.03 bits per heavy atom. The number of amides is 6. The van der Waals surface area contributed by atoms with E-state index < -0.39 is 90.8 Å². The number of carboxylic acid groups (broad SMARTS) is 2. The third-order valence-corrected chi connectivity index (χ3v) is 4.65. The van der Waals surface area contributed by atoms with Gasteiger partial charge < -0.3 is 49.1 Å². The lowest BCUT2D eigenvalue weighted by Gasteiger charge is -2.24. The normalized spacial score (nSPS) is 13.8. The van der Waals surface area contributed by atoms with E-state index in [1.807, 2.05) is 0 Å². The first-order valence-corrected chi connectivity index (χ1v) is 10.6. The van der Waals surface area contributed by atoms with Crippen LogP contribution in [0, 0.1) is 0 Å². The van der Waals surface area contributed by atoms with E-state index in [2.05, 4.69) is 16.0 Å². The van der Waals surface area contributed by atoms with Crippen LogP contribution in [-0.2, 0) is 38.4 Å². The number of carboxylic acids is 2. The van der Waals surface area contributed by atoms with Crippen LogP contribution in [0.4, 0.5) is 0 Å². The highest BCUT2D eigenvalue weighted by Gasteiger charge is 2.31. The largest absolute Gasteiger partial charge is 0.481 e. The molecule has 0 saturated carbocycles. The van der Waals surface area contributed by atoms with Crippen LogP contribution in [-0.4, -0.2) is 81.8 Å². The van der Waals surface area contributed by atoms with E-state index in [9.17, 15) is 43.5 Å². The Morgan fingerprint density at radius 3 is 1.47 bits per heavy atom. The zero-order valence-corrected chi connectivity index (χ0v) is 19.2. The monoisotopic (exact) mass is 517 g/mol. The van der Waals surface area contributed by atoms with Crippen molar-refractivity contribution in [2.45, 2.75) is 69.1 Å². The Labute approximate surface area is 204 Å². The van der Waals surface area contributed by atoms with Crippen LogP contribution in [0.5, 0.6) is 0 Å². The number of primary amides is 3. The molecule has 0 heterocycles. The van der Waals surface area contributed by atoms with Gasteiger partial charge in [0.05, 0.1) is 12.5 Å². The zero-order chi connectivity index (χ0) is 28.0. The van der Waals surface area contributed by atoms with Crippen LogP contribution >= 0.6 is 0 Å². The molecule has 0 radical (unpaired) electrons. The van der Waals surface area contributed by atoms with Crippen LogP contribution in [0.3, 0.4) is 0 Å². The second-order valence-electron chi connectivity index (χ2n) is 7.74. The second kappa shape index (κ2) is 15.6. The maximum Gasteiger partial charge on any atom is 0.326 e. The highest BCUT2D eigenvalue weighted by atomic mass is 16.4. The van der Waals surface area contributed by atoms with E-state index >= 15 is 0 Å². The Kier molecular flexibility index (Phi) is 13.7. The molecule has 0 aliphatic carbocycles. The van der Waals surface area contributed by atoms with E-state index in [4.69, 9.17) is 28.0 Å². The minimum absolute atomic E-state index is 0.280. The van der Waals surface area contributed by atoms with Crippen molar-refractivity contribution in [3.63, 3.8) is 0 Å². The number of nitrogens with two attached hydrogens (primary N) is 4. The number of carbonyl (C=O) groups is 8. The van der Waals surface area contributed by atoms with Crippen LogP contribution in [0.2, 0.25) is 0 Å². The molecule has 17 nitrogen and oxygen atoms in total. The first kappa shape index (κ1) is 31.7. The molecule has 4 atom stereocenters. The summed E-state index contributed by atoms with van der Waals surface area (Å²) in [6.07, 6.45) is -2.99. The average Bonchev–Trinajstić information content (AvgIpc) is 2.75. The van der Waals surface area contributed by atoms with Gasteiger partial charge in [0.15, 0.2) is 0 Å². The molecule has 0 fully saturated rings. The molecular weight excluding hydrogens is 486 g/mol. The van der Waals surface area contributed by atoms with Crippen molar-refractivity contribution in [1.29, 1.82) is 0 Å². The predicted molar refractivity (Wildman–Crippen MR) is 119 cm³/mol. The second-order valence-corrected chi connectivity index (χ2v) is 7.74. The molecule has 0 rings (SSSR count). The van der Waals surface area contributed by atoms with E-state index in [0.717, 1.165) is 0 Å². The van der Waals surface area contributed by atoms with E-state index in [1.165, 1.54) is 0 Å². The van der Waals surface area contributed by atoms with Gasteiger partial charge in [0.2, 0.25) is 35.4 Å². The molecule has 0 aromatic rings. The minimum atomic E-state index is -1.64. The first-order valence-electron chi connectivity index (χ1n) is 10.6. The molecule has 36 heavy (non-hydrogen) atoms. The summed E-state index contributed by atoms with van der Waals surface area (Å²) >= 11 is 0. The van der Waals surface area contributed by atoms with Gasteiger partial charge in [-0.2, -0.15) is 0 Å². The van der Waals surface area contributed by atoms with Crippen molar-refractivity contribution in [3.8, 4) is 0 Å². The van der Waals surface area contributed by atoms with Crippen molar-refractivity contribution in [1.82, 2.24) is 16.0 Å². The van der Waals surface area contributed by atoms with Crippen LogP contribution in [0.15, 0.2) is 0 Å². The zero-order valence-electron chi connectivity index (χ0n) is 19.2. The molecule has 0 bridgehead atoms. The predicted octanol–water partition coefficient (Wildman–Crippen LogP) is -4.88. The third-order valence-electron chi connectivity index (χ3n) is 4.65. The number of rotatable bonds is 18. The molecule has 6 amide bonds. The molecular formula is C19H31N7O10. The summed E-state index contributed by atoms with van der Waals surface area (Å²) in [6.45, 7) is 0. The lowest BCUT2D eigenvalue weighted by atomic mass is 10.1. The van der Waals surface area contributed by atoms with E-state index in [-0.39, 0.29) is 25.7 Å². The summed E-state index contributed by atoms with van der Waals surface area (Å²) in [6, 6.07) is -6.10. The Morgan fingerprint density at radius 1 is 0.583 bits per heavy atom. The number of aliphatic carboxylic acids is 2. The molecule has 0 aromatic heterocycles. The first-order chi connectivity index (χ1) is 16.6. The summed E-state index contributed by atoms with van der Waals surface area (Å²) < 4.78 is 0. The maximum atomic E-state index is 12.8. The SMILES string of the molecule is NC(=O)CCC(NC(=O)C(CCC(N)=O)NC(=O)C(CC(N)=O)NC(=O)C(N)CCC(=O)O)C(=O)O. The molecule has 17 heteroatoms. The van der Waals surface area contributed by atoms with Crippen molar-refractivity contribution in [2.24, 2.45) is 22.9 Å². The topological polar surface area (TPSA) is 317 Å². The molecule has 0 aromatic carbocycles. The molecule has 13 N–H and O–H groups in total. The van der Waals surface area contributed by atoms with Gasteiger partial charge in [-0.1, -0.05) is 0 Å². The Hall–Kier alpha value is -4.28. The molecule has 0 aliphatic heterocycles. The van der Waals surface area contributed by atoms with Gasteiger partial charge in [0.1, 0.15) is 18.1 Å². The fourth-order valence-electron chi connectivity index (χ4n) is 2.74. The van der Waals surface area contributed by atoms with E-state index in [0.29, 0.717) is 0 Å². The number of hydrogen-bond donors (Lipinski definition) is 9. The summed E-state index contributed by atoms with van der Waals surface area (Å²) in [5.74, 6) is -8.57. The summed E-state index contributed by atoms with van der Waals surface area (Å²) in [4.78, 5) is 93.2.